The van der Waals surface area contributed by atoms with Gasteiger partial charge in [0.15, 0.2) is 0 Å². The van der Waals surface area contributed by atoms with Gasteiger partial charge in [0.05, 0.1) is 11.4 Å². The van der Waals surface area contributed by atoms with Crippen LogP contribution < -0.4 is 0 Å². The Balaban J connectivity index is 1.64. The van der Waals surface area contributed by atoms with Crippen molar-refractivity contribution in [3.8, 4) is 11.4 Å². The van der Waals surface area contributed by atoms with Gasteiger partial charge in [-0.3, -0.25) is 0 Å². The molecule has 0 unspecified atom stereocenters. The number of hydrogen-bond acceptors (Lipinski definition) is 8. The van der Waals surface area contributed by atoms with E-state index >= 15 is 0 Å². The maximum absolute atomic E-state index is 4.18. The first-order valence-electron chi connectivity index (χ1n) is 8.60. The molecule has 8 nitrogen and oxygen atoms in total. The Kier molecular flexibility index (Phi) is 5.14. The Morgan fingerprint density at radius 3 is 1.32 bits per heavy atom. The highest BCUT2D eigenvalue weighted by atomic mass is 33.1. The average Bonchev–Trinajstić information content (AvgIpc) is 3.29. The van der Waals surface area contributed by atoms with E-state index in [1.165, 1.54) is 21.6 Å². The summed E-state index contributed by atoms with van der Waals surface area (Å²) in [5.74, 6) is 0. The molecule has 0 aliphatic heterocycles. The van der Waals surface area contributed by atoms with E-state index in [4.69, 9.17) is 0 Å². The topological polar surface area (TPSA) is 87.2 Å². The van der Waals surface area contributed by atoms with E-state index in [0.29, 0.717) is 10.3 Å². The third-order valence-electron chi connectivity index (χ3n) is 4.38. The molecule has 0 spiro atoms. The smallest absolute Gasteiger partial charge is 0.186 e. The Morgan fingerprint density at radius 1 is 0.607 bits per heavy atom. The van der Waals surface area contributed by atoms with Crippen molar-refractivity contribution in [3.05, 3.63) is 58.7 Å². The third-order valence-corrected chi connectivity index (χ3v) is 6.41. The number of para-hydroxylation sites is 2. The van der Waals surface area contributed by atoms with Crippen LogP contribution in [0.25, 0.3) is 11.4 Å². The molecule has 142 valence electrons. The summed E-state index contributed by atoms with van der Waals surface area (Å²) >= 11 is 0. The summed E-state index contributed by atoms with van der Waals surface area (Å²) in [4.78, 5) is 0. The van der Waals surface area contributed by atoms with Crippen LogP contribution in [-0.4, -0.2) is 40.4 Å². The highest BCUT2D eigenvalue weighted by Crippen LogP contribution is 2.37. The fraction of sp³-hybridized carbons (Fsp3) is 0.222. The lowest BCUT2D eigenvalue weighted by Gasteiger charge is -2.11. The first-order valence-corrected chi connectivity index (χ1v) is 10.8. The van der Waals surface area contributed by atoms with Crippen molar-refractivity contribution in [2.45, 2.75) is 38.0 Å². The second kappa shape index (κ2) is 7.72. The van der Waals surface area contributed by atoms with Gasteiger partial charge in [-0.2, -0.15) is 9.36 Å². The Morgan fingerprint density at radius 2 is 0.964 bits per heavy atom. The predicted octanol–water partition coefficient (Wildman–Crippen LogP) is 3.67. The van der Waals surface area contributed by atoms with E-state index in [1.54, 1.807) is 9.36 Å². The van der Waals surface area contributed by atoms with Crippen molar-refractivity contribution < 1.29 is 0 Å². The molecule has 0 fully saturated rings. The zero-order valence-corrected chi connectivity index (χ0v) is 17.5. The lowest BCUT2D eigenvalue weighted by Crippen LogP contribution is -2.04. The second-order valence-electron chi connectivity index (χ2n) is 6.39. The van der Waals surface area contributed by atoms with E-state index in [1.807, 2.05) is 64.1 Å². The van der Waals surface area contributed by atoms with Crippen molar-refractivity contribution >= 4 is 21.6 Å². The minimum absolute atomic E-state index is 0.665. The van der Waals surface area contributed by atoms with Crippen molar-refractivity contribution in [1.29, 1.82) is 0 Å². The van der Waals surface area contributed by atoms with Gasteiger partial charge in [-0.15, -0.1) is 10.2 Å². The zero-order chi connectivity index (χ0) is 19.7. The molecule has 0 radical (unpaired) electrons. The predicted molar refractivity (Wildman–Crippen MR) is 109 cm³/mol. The molecule has 4 rings (SSSR count). The van der Waals surface area contributed by atoms with E-state index in [2.05, 4.69) is 31.1 Å². The van der Waals surface area contributed by atoms with Crippen LogP contribution in [-0.2, 0) is 0 Å². The van der Waals surface area contributed by atoms with Crippen LogP contribution in [0, 0.1) is 27.7 Å². The molecule has 10 heteroatoms. The highest BCUT2D eigenvalue weighted by molar-refractivity contribution is 8.76. The van der Waals surface area contributed by atoms with Crippen molar-refractivity contribution in [2.24, 2.45) is 0 Å². The van der Waals surface area contributed by atoms with Gasteiger partial charge in [0.25, 0.3) is 0 Å². The number of hydrogen-bond donors (Lipinski definition) is 0. The number of aromatic nitrogens is 8. The van der Waals surface area contributed by atoms with Crippen LogP contribution in [0.3, 0.4) is 0 Å². The molecule has 2 heterocycles. The average molecular weight is 411 g/mol. The minimum Gasteiger partial charge on any atom is -0.186 e. The standard InChI is InChI=1S/C18H18N8S2/c1-11-7-5-8-12(2)15(11)25-17(19-21-23-25)27-28-18-20-22-24-26(18)16-13(3)9-6-10-14(16)4/h5-10H,1-4H3. The molecule has 0 saturated carbocycles. The molecule has 0 atom stereocenters. The minimum atomic E-state index is 0.665. The molecule has 2 aromatic heterocycles. The highest BCUT2D eigenvalue weighted by Gasteiger charge is 2.18. The van der Waals surface area contributed by atoms with Gasteiger partial charge >= 0.3 is 0 Å². The van der Waals surface area contributed by atoms with Gasteiger partial charge < -0.3 is 0 Å². The second-order valence-corrected chi connectivity index (χ2v) is 8.46. The van der Waals surface area contributed by atoms with Crippen molar-refractivity contribution in [3.63, 3.8) is 0 Å². The number of tetrazole rings is 2. The summed E-state index contributed by atoms with van der Waals surface area (Å²) in [6, 6.07) is 12.2. The number of rotatable bonds is 5. The monoisotopic (exact) mass is 410 g/mol. The fourth-order valence-corrected chi connectivity index (χ4v) is 4.85. The van der Waals surface area contributed by atoms with Gasteiger partial charge in [0.1, 0.15) is 0 Å². The van der Waals surface area contributed by atoms with Crippen LogP contribution in [0.4, 0.5) is 0 Å². The number of nitrogens with zero attached hydrogens (tertiary/aromatic N) is 8. The van der Waals surface area contributed by atoms with Crippen LogP contribution in [0.15, 0.2) is 46.7 Å². The zero-order valence-electron chi connectivity index (χ0n) is 15.9. The first kappa shape index (κ1) is 18.6. The normalized spacial score (nSPS) is 11.1. The summed E-state index contributed by atoms with van der Waals surface area (Å²) in [6.07, 6.45) is 0. The van der Waals surface area contributed by atoms with Gasteiger partial charge in [-0.1, -0.05) is 36.4 Å². The van der Waals surface area contributed by atoms with Gasteiger partial charge in [-0.05, 0) is 92.4 Å². The maximum atomic E-state index is 4.18. The van der Waals surface area contributed by atoms with E-state index in [9.17, 15) is 0 Å². The molecular formula is C18H18N8S2. The molecule has 2 aromatic carbocycles. The molecule has 0 saturated heterocycles. The first-order chi connectivity index (χ1) is 13.6. The Labute approximate surface area is 170 Å². The lowest BCUT2D eigenvalue weighted by molar-refractivity contribution is 0.746. The Hall–Kier alpha value is -2.72. The summed E-state index contributed by atoms with van der Waals surface area (Å²) in [7, 11) is 2.85. The molecule has 28 heavy (non-hydrogen) atoms. The SMILES string of the molecule is Cc1cccc(C)c1-n1nnnc1SSc1nnnn1-c1c(C)cccc1C. The molecular weight excluding hydrogens is 392 g/mol. The Bertz CT molecular complexity index is 1000. The largest absolute Gasteiger partial charge is 0.225 e. The van der Waals surface area contributed by atoms with Crippen LogP contribution in [0.2, 0.25) is 0 Å². The van der Waals surface area contributed by atoms with E-state index in [-0.39, 0.29) is 0 Å². The summed E-state index contributed by atoms with van der Waals surface area (Å²) in [5.41, 5.74) is 6.42. The van der Waals surface area contributed by atoms with E-state index in [0.717, 1.165) is 33.6 Å². The molecule has 0 N–H and O–H groups in total. The summed E-state index contributed by atoms with van der Waals surface area (Å²) < 4.78 is 3.52. The summed E-state index contributed by atoms with van der Waals surface area (Å²) in [5, 5.41) is 25.8. The lowest BCUT2D eigenvalue weighted by atomic mass is 10.1. The van der Waals surface area contributed by atoms with Gasteiger partial charge in [-0.25, -0.2) is 0 Å². The van der Waals surface area contributed by atoms with Crippen LogP contribution in [0.5, 0.6) is 0 Å². The van der Waals surface area contributed by atoms with Crippen LogP contribution >= 0.6 is 21.6 Å². The van der Waals surface area contributed by atoms with Crippen molar-refractivity contribution in [1.82, 2.24) is 40.4 Å². The van der Waals surface area contributed by atoms with Crippen LogP contribution in [0.1, 0.15) is 22.3 Å². The molecule has 4 aromatic rings. The molecule has 0 bridgehead atoms. The summed E-state index contributed by atoms with van der Waals surface area (Å²) in [6.45, 7) is 8.19. The number of benzene rings is 2. The quantitative estimate of drug-likeness (QED) is 0.461. The fourth-order valence-electron chi connectivity index (χ4n) is 3.10. The third kappa shape index (κ3) is 3.40. The molecule has 0 amide bonds. The van der Waals surface area contributed by atoms with Gasteiger partial charge in [0.2, 0.25) is 10.3 Å². The number of aryl methyl sites for hydroxylation is 4. The van der Waals surface area contributed by atoms with E-state index < -0.39 is 0 Å². The maximum Gasteiger partial charge on any atom is 0.225 e. The van der Waals surface area contributed by atoms with Gasteiger partial charge in [0, 0.05) is 0 Å². The van der Waals surface area contributed by atoms with Crippen molar-refractivity contribution in [2.75, 3.05) is 0 Å². The molecule has 0 aliphatic rings. The molecule has 0 aliphatic carbocycles.